The van der Waals surface area contributed by atoms with Gasteiger partial charge in [0.15, 0.2) is 5.11 Å². The van der Waals surface area contributed by atoms with Crippen LogP contribution in [0.15, 0.2) is 30.3 Å². The molecule has 0 aliphatic carbocycles. The number of para-hydroxylation sites is 1. The number of rotatable bonds is 4. The molecule has 0 aliphatic heterocycles. The molecule has 2 nitrogen and oxygen atoms in total. The van der Waals surface area contributed by atoms with Gasteiger partial charge in [-0.15, -0.1) is 0 Å². The van der Waals surface area contributed by atoms with Gasteiger partial charge in [0.25, 0.3) is 0 Å². The van der Waals surface area contributed by atoms with Crippen LogP contribution in [-0.4, -0.2) is 30.3 Å². The summed E-state index contributed by atoms with van der Waals surface area (Å²) in [7, 11) is -1.16. The summed E-state index contributed by atoms with van der Waals surface area (Å²) in [6, 6.07) is 10.6. The Bertz CT molecular complexity index is 385. The summed E-state index contributed by atoms with van der Waals surface area (Å²) < 4.78 is 0. The van der Waals surface area contributed by atoms with E-state index in [0.717, 1.165) is 17.0 Å². The van der Waals surface area contributed by atoms with E-state index in [2.05, 4.69) is 43.7 Å². The molecule has 1 aromatic carbocycles. The van der Waals surface area contributed by atoms with E-state index < -0.39 is 8.07 Å². The summed E-state index contributed by atoms with van der Waals surface area (Å²) in [5.74, 6) is 0. The van der Waals surface area contributed by atoms with Gasteiger partial charge < -0.3 is 10.2 Å². The lowest BCUT2D eigenvalue weighted by molar-refractivity contribution is 0.399. The highest BCUT2D eigenvalue weighted by atomic mass is 32.1. The molecular weight excluding hydrogens is 256 g/mol. The minimum atomic E-state index is -1.16. The third kappa shape index (κ3) is 5.19. The van der Waals surface area contributed by atoms with Crippen LogP contribution in [0.25, 0.3) is 0 Å². The van der Waals surface area contributed by atoms with Crippen LogP contribution < -0.4 is 5.32 Å². The molecule has 0 saturated carbocycles. The third-order valence-corrected chi connectivity index (χ3v) is 4.18. The topological polar surface area (TPSA) is 15.3 Å². The predicted octanol–water partition coefficient (Wildman–Crippen LogP) is 3.97. The van der Waals surface area contributed by atoms with Crippen molar-refractivity contribution < 1.29 is 0 Å². The minimum Gasteiger partial charge on any atom is -0.350 e. The van der Waals surface area contributed by atoms with Crippen molar-refractivity contribution in [3.8, 4) is 0 Å². The molecule has 0 bridgehead atoms. The van der Waals surface area contributed by atoms with E-state index in [0.29, 0.717) is 6.04 Å². The molecule has 0 aromatic heterocycles. The van der Waals surface area contributed by atoms with Crippen LogP contribution in [0, 0.1) is 0 Å². The van der Waals surface area contributed by atoms with Gasteiger partial charge in [-0.1, -0.05) is 37.8 Å². The van der Waals surface area contributed by atoms with Crippen molar-refractivity contribution in [2.24, 2.45) is 0 Å². The Labute approximate surface area is 117 Å². The summed E-state index contributed by atoms with van der Waals surface area (Å²) in [5, 5.41) is 4.16. The van der Waals surface area contributed by atoms with Crippen LogP contribution >= 0.6 is 12.2 Å². The number of hydrogen-bond acceptors (Lipinski definition) is 1. The predicted molar refractivity (Wildman–Crippen MR) is 87.9 cm³/mol. The molecule has 1 N–H and O–H groups in total. The number of nitrogens with zero attached hydrogens (tertiary/aromatic N) is 1. The fourth-order valence-electron chi connectivity index (χ4n) is 1.72. The lowest BCUT2D eigenvalue weighted by atomic mass is 10.3. The SMILES string of the molecule is CC(C)N(C[Si](C)(C)C)C(=S)Nc1ccccc1. The van der Waals surface area contributed by atoms with Crippen LogP contribution in [0.1, 0.15) is 13.8 Å². The lowest BCUT2D eigenvalue weighted by Crippen LogP contribution is -2.48. The molecule has 0 saturated heterocycles. The first kappa shape index (κ1) is 15.2. The zero-order valence-corrected chi connectivity index (χ0v) is 13.8. The Morgan fingerprint density at radius 2 is 1.78 bits per heavy atom. The number of hydrogen-bond donors (Lipinski definition) is 1. The number of thiocarbonyl (C=S) groups is 1. The van der Waals surface area contributed by atoms with Gasteiger partial charge >= 0.3 is 0 Å². The van der Waals surface area contributed by atoms with Gasteiger partial charge in [0.05, 0.1) is 8.07 Å². The second-order valence-electron chi connectivity index (χ2n) is 6.08. The molecule has 0 heterocycles. The van der Waals surface area contributed by atoms with Crippen molar-refractivity contribution in [3.05, 3.63) is 30.3 Å². The van der Waals surface area contributed by atoms with Crippen molar-refractivity contribution >= 4 is 31.1 Å². The Morgan fingerprint density at radius 3 is 2.22 bits per heavy atom. The van der Waals surface area contributed by atoms with Crippen LogP contribution in [0.4, 0.5) is 5.69 Å². The van der Waals surface area contributed by atoms with Crippen molar-refractivity contribution in [2.75, 3.05) is 11.5 Å². The van der Waals surface area contributed by atoms with Crippen LogP contribution in [0.2, 0.25) is 19.6 Å². The summed E-state index contributed by atoms with van der Waals surface area (Å²) in [6.07, 6.45) is 1.09. The Balaban J connectivity index is 2.72. The number of nitrogens with one attached hydrogen (secondary N) is 1. The summed E-state index contributed by atoms with van der Waals surface area (Å²) >= 11 is 5.54. The van der Waals surface area contributed by atoms with Gasteiger partial charge in [-0.25, -0.2) is 0 Å². The molecule has 0 spiro atoms. The van der Waals surface area contributed by atoms with E-state index in [4.69, 9.17) is 12.2 Å². The van der Waals surface area contributed by atoms with Crippen molar-refractivity contribution in [1.29, 1.82) is 0 Å². The maximum Gasteiger partial charge on any atom is 0.173 e. The fourth-order valence-corrected chi connectivity index (χ4v) is 3.77. The first-order valence-electron chi connectivity index (χ1n) is 6.42. The molecule has 18 heavy (non-hydrogen) atoms. The zero-order valence-electron chi connectivity index (χ0n) is 12.0. The normalized spacial score (nSPS) is 11.4. The quantitative estimate of drug-likeness (QED) is 0.663. The highest BCUT2D eigenvalue weighted by molar-refractivity contribution is 7.80. The van der Waals surface area contributed by atoms with Gasteiger partial charge in [0.2, 0.25) is 0 Å². The summed E-state index contributed by atoms with van der Waals surface area (Å²) in [5.41, 5.74) is 1.06. The van der Waals surface area contributed by atoms with E-state index >= 15 is 0 Å². The molecule has 4 heteroatoms. The van der Waals surface area contributed by atoms with Crippen LogP contribution in [0.5, 0.6) is 0 Å². The third-order valence-electron chi connectivity index (χ3n) is 2.55. The van der Waals surface area contributed by atoms with E-state index in [1.165, 1.54) is 0 Å². The zero-order chi connectivity index (χ0) is 13.8. The molecule has 0 radical (unpaired) electrons. The molecule has 1 aromatic rings. The monoisotopic (exact) mass is 280 g/mol. The molecule has 0 atom stereocenters. The Hall–Kier alpha value is -0.873. The summed E-state index contributed by atoms with van der Waals surface area (Å²) in [4.78, 5) is 2.30. The highest BCUT2D eigenvalue weighted by Gasteiger charge is 2.22. The largest absolute Gasteiger partial charge is 0.350 e. The van der Waals surface area contributed by atoms with E-state index in [-0.39, 0.29) is 0 Å². The first-order chi connectivity index (χ1) is 8.29. The standard InChI is InChI=1S/C14H24N2SSi/c1-12(2)16(11-18(3,4)5)14(17)15-13-9-7-6-8-10-13/h6-10,12H,11H2,1-5H3,(H,15,17). The molecule has 0 unspecified atom stereocenters. The van der Waals surface area contributed by atoms with E-state index in [1.807, 2.05) is 30.3 Å². The first-order valence-corrected chi connectivity index (χ1v) is 10.5. The Morgan fingerprint density at radius 1 is 1.22 bits per heavy atom. The van der Waals surface area contributed by atoms with Crippen LogP contribution in [0.3, 0.4) is 0 Å². The van der Waals surface area contributed by atoms with Gasteiger partial charge in [0, 0.05) is 17.9 Å². The lowest BCUT2D eigenvalue weighted by Gasteiger charge is -2.34. The highest BCUT2D eigenvalue weighted by Crippen LogP contribution is 2.12. The fraction of sp³-hybridized carbons (Fsp3) is 0.500. The van der Waals surface area contributed by atoms with Gasteiger partial charge in [-0.2, -0.15) is 0 Å². The molecule has 0 fully saturated rings. The van der Waals surface area contributed by atoms with Crippen molar-refractivity contribution in [2.45, 2.75) is 39.5 Å². The average Bonchev–Trinajstić information content (AvgIpc) is 2.25. The van der Waals surface area contributed by atoms with E-state index in [9.17, 15) is 0 Å². The van der Waals surface area contributed by atoms with Gasteiger partial charge in [0.1, 0.15) is 0 Å². The van der Waals surface area contributed by atoms with E-state index in [1.54, 1.807) is 0 Å². The molecule has 100 valence electrons. The van der Waals surface area contributed by atoms with Gasteiger partial charge in [-0.05, 0) is 38.2 Å². The van der Waals surface area contributed by atoms with Gasteiger partial charge in [-0.3, -0.25) is 0 Å². The molecule has 0 amide bonds. The maximum absolute atomic E-state index is 5.54. The van der Waals surface area contributed by atoms with Crippen molar-refractivity contribution in [1.82, 2.24) is 4.90 Å². The number of anilines is 1. The minimum absolute atomic E-state index is 0.431. The molecule has 1 rings (SSSR count). The smallest absolute Gasteiger partial charge is 0.173 e. The molecule has 0 aliphatic rings. The van der Waals surface area contributed by atoms with Crippen molar-refractivity contribution in [3.63, 3.8) is 0 Å². The maximum atomic E-state index is 5.54. The summed E-state index contributed by atoms with van der Waals surface area (Å²) in [6.45, 7) is 11.5. The van der Waals surface area contributed by atoms with Crippen LogP contribution in [-0.2, 0) is 0 Å². The number of benzene rings is 1. The molecular formula is C14H24N2SSi. The second-order valence-corrected chi connectivity index (χ2v) is 11.9. The second kappa shape index (κ2) is 6.34. The average molecular weight is 281 g/mol. The Kier molecular flexibility index (Phi) is 5.35.